The number of aromatic nitrogens is 2. The average molecular weight is 404 g/mol. The molecule has 0 aliphatic rings. The summed E-state index contributed by atoms with van der Waals surface area (Å²) in [4.78, 5) is 24.1. The van der Waals surface area contributed by atoms with Crippen LogP contribution in [0.3, 0.4) is 0 Å². The van der Waals surface area contributed by atoms with Crippen molar-refractivity contribution < 1.29 is 9.53 Å². The SMILES string of the molecule is CCOc1cccc2sc(N(Cc3cccnc3)C(=O)c3ccc(C)cc3)nc12. The van der Waals surface area contributed by atoms with Crippen molar-refractivity contribution in [1.29, 1.82) is 0 Å². The number of hydrogen-bond acceptors (Lipinski definition) is 5. The minimum Gasteiger partial charge on any atom is -0.492 e. The molecule has 0 aliphatic heterocycles. The van der Waals surface area contributed by atoms with E-state index in [1.165, 1.54) is 11.3 Å². The third-order valence-corrected chi connectivity index (χ3v) is 5.55. The van der Waals surface area contributed by atoms with Crippen LogP contribution in [0.2, 0.25) is 0 Å². The van der Waals surface area contributed by atoms with Crippen molar-refractivity contribution in [3.05, 3.63) is 83.7 Å². The Bertz CT molecular complexity index is 1120. The van der Waals surface area contributed by atoms with Gasteiger partial charge in [0.1, 0.15) is 11.3 Å². The number of nitrogens with zero attached hydrogens (tertiary/aromatic N) is 3. The van der Waals surface area contributed by atoms with Gasteiger partial charge in [-0.3, -0.25) is 14.7 Å². The third kappa shape index (κ3) is 4.12. The number of fused-ring (bicyclic) bond motifs is 1. The summed E-state index contributed by atoms with van der Waals surface area (Å²) in [6.45, 7) is 4.91. The molecule has 0 aliphatic carbocycles. The van der Waals surface area contributed by atoms with Crippen molar-refractivity contribution in [3.63, 3.8) is 0 Å². The minimum absolute atomic E-state index is 0.0918. The Hall–Kier alpha value is -3.25. The highest BCUT2D eigenvalue weighted by Gasteiger charge is 2.22. The van der Waals surface area contributed by atoms with Crippen LogP contribution in [0, 0.1) is 6.92 Å². The van der Waals surface area contributed by atoms with Crippen LogP contribution >= 0.6 is 11.3 Å². The third-order valence-electron chi connectivity index (χ3n) is 4.51. The van der Waals surface area contributed by atoms with E-state index in [0.29, 0.717) is 23.8 Å². The number of aryl methyl sites for hydroxylation is 1. The van der Waals surface area contributed by atoms with Gasteiger partial charge in [0.2, 0.25) is 0 Å². The maximum Gasteiger partial charge on any atom is 0.260 e. The molecule has 4 aromatic rings. The molecule has 0 N–H and O–H groups in total. The Balaban J connectivity index is 1.77. The predicted molar refractivity (Wildman–Crippen MR) is 117 cm³/mol. The highest BCUT2D eigenvalue weighted by atomic mass is 32.1. The Morgan fingerprint density at radius 1 is 1.10 bits per heavy atom. The van der Waals surface area contributed by atoms with E-state index in [-0.39, 0.29) is 5.91 Å². The first-order valence-corrected chi connectivity index (χ1v) is 10.3. The summed E-state index contributed by atoms with van der Waals surface area (Å²) >= 11 is 1.48. The second-order valence-corrected chi connectivity index (χ2v) is 7.66. The number of carbonyl (C=O) groups excluding carboxylic acids is 1. The number of rotatable bonds is 6. The predicted octanol–water partition coefficient (Wildman–Crippen LogP) is 5.25. The fourth-order valence-corrected chi connectivity index (χ4v) is 4.03. The lowest BCUT2D eigenvalue weighted by Crippen LogP contribution is -2.30. The van der Waals surface area contributed by atoms with Gasteiger partial charge in [0, 0.05) is 18.0 Å². The van der Waals surface area contributed by atoms with Gasteiger partial charge in [0.25, 0.3) is 5.91 Å². The van der Waals surface area contributed by atoms with Crippen LogP contribution in [0.5, 0.6) is 5.75 Å². The molecule has 1 amide bonds. The van der Waals surface area contributed by atoms with E-state index < -0.39 is 0 Å². The van der Waals surface area contributed by atoms with Crippen molar-refractivity contribution in [2.75, 3.05) is 11.5 Å². The van der Waals surface area contributed by atoms with Gasteiger partial charge < -0.3 is 4.74 Å². The fraction of sp³-hybridized carbons (Fsp3) is 0.174. The first kappa shape index (κ1) is 19.1. The van der Waals surface area contributed by atoms with Gasteiger partial charge in [-0.25, -0.2) is 4.98 Å². The molecule has 5 nitrogen and oxygen atoms in total. The molecular formula is C23H21N3O2S. The maximum atomic E-state index is 13.4. The number of ether oxygens (including phenoxy) is 1. The van der Waals surface area contributed by atoms with E-state index in [9.17, 15) is 4.79 Å². The lowest BCUT2D eigenvalue weighted by molar-refractivity contribution is 0.0985. The van der Waals surface area contributed by atoms with E-state index in [2.05, 4.69) is 4.98 Å². The van der Waals surface area contributed by atoms with E-state index in [1.54, 1.807) is 17.3 Å². The molecular weight excluding hydrogens is 382 g/mol. The van der Waals surface area contributed by atoms with Crippen LogP contribution in [0.1, 0.15) is 28.4 Å². The summed E-state index contributed by atoms with van der Waals surface area (Å²) < 4.78 is 6.70. The van der Waals surface area contributed by atoms with Gasteiger partial charge >= 0.3 is 0 Å². The standard InChI is InChI=1S/C23H21N3O2S/c1-3-28-19-7-4-8-20-21(19)25-23(29-20)26(15-17-6-5-13-24-14-17)22(27)18-11-9-16(2)10-12-18/h4-14H,3,15H2,1-2H3. The molecule has 0 saturated carbocycles. The van der Waals surface area contributed by atoms with Gasteiger partial charge in [-0.1, -0.05) is 41.2 Å². The van der Waals surface area contributed by atoms with Crippen LogP contribution in [-0.4, -0.2) is 22.5 Å². The smallest absolute Gasteiger partial charge is 0.260 e. The van der Waals surface area contributed by atoms with Crippen LogP contribution in [0.15, 0.2) is 67.0 Å². The minimum atomic E-state index is -0.0918. The number of anilines is 1. The summed E-state index contributed by atoms with van der Waals surface area (Å²) in [5.41, 5.74) is 3.46. The number of para-hydroxylation sites is 1. The fourth-order valence-electron chi connectivity index (χ4n) is 3.05. The zero-order valence-electron chi connectivity index (χ0n) is 16.3. The molecule has 0 spiro atoms. The topological polar surface area (TPSA) is 55.3 Å². The second kappa shape index (κ2) is 8.41. The molecule has 2 aromatic heterocycles. The van der Waals surface area contributed by atoms with E-state index in [4.69, 9.17) is 9.72 Å². The Kier molecular flexibility index (Phi) is 5.53. The molecule has 0 saturated heterocycles. The van der Waals surface area contributed by atoms with Crippen molar-refractivity contribution in [1.82, 2.24) is 9.97 Å². The molecule has 146 valence electrons. The molecule has 29 heavy (non-hydrogen) atoms. The van der Waals surface area contributed by atoms with Crippen LogP contribution in [0.4, 0.5) is 5.13 Å². The Morgan fingerprint density at radius 3 is 2.66 bits per heavy atom. The zero-order chi connectivity index (χ0) is 20.2. The van der Waals surface area contributed by atoms with Gasteiger partial charge in [-0.05, 0) is 49.7 Å². The number of pyridine rings is 1. The molecule has 6 heteroatoms. The summed E-state index contributed by atoms with van der Waals surface area (Å²) in [6.07, 6.45) is 3.50. The molecule has 0 bridgehead atoms. The highest BCUT2D eigenvalue weighted by Crippen LogP contribution is 2.35. The van der Waals surface area contributed by atoms with Gasteiger partial charge in [0.05, 0.1) is 17.9 Å². The van der Waals surface area contributed by atoms with Gasteiger partial charge in [-0.15, -0.1) is 0 Å². The molecule has 0 atom stereocenters. The maximum absolute atomic E-state index is 13.4. The van der Waals surface area contributed by atoms with Crippen LogP contribution in [0.25, 0.3) is 10.2 Å². The monoisotopic (exact) mass is 403 g/mol. The number of thiazole rings is 1. The molecule has 0 radical (unpaired) electrons. The zero-order valence-corrected chi connectivity index (χ0v) is 17.1. The Labute approximate surface area is 173 Å². The molecule has 0 unspecified atom stereocenters. The van der Waals surface area contributed by atoms with E-state index >= 15 is 0 Å². The van der Waals surface area contributed by atoms with Gasteiger partial charge in [0.15, 0.2) is 5.13 Å². The first-order chi connectivity index (χ1) is 14.2. The summed E-state index contributed by atoms with van der Waals surface area (Å²) in [6, 6.07) is 17.3. The molecule has 4 rings (SSSR count). The van der Waals surface area contributed by atoms with Crippen LogP contribution < -0.4 is 9.64 Å². The van der Waals surface area contributed by atoms with Gasteiger partial charge in [-0.2, -0.15) is 0 Å². The van der Waals surface area contributed by atoms with E-state index in [0.717, 1.165) is 27.1 Å². The number of benzene rings is 2. The Morgan fingerprint density at radius 2 is 1.93 bits per heavy atom. The normalized spacial score (nSPS) is 10.8. The molecule has 2 aromatic carbocycles. The highest BCUT2D eigenvalue weighted by molar-refractivity contribution is 7.22. The largest absolute Gasteiger partial charge is 0.492 e. The second-order valence-electron chi connectivity index (χ2n) is 6.65. The number of carbonyl (C=O) groups is 1. The van der Waals surface area contributed by atoms with E-state index in [1.807, 2.05) is 68.4 Å². The van der Waals surface area contributed by atoms with Crippen molar-refractivity contribution >= 4 is 32.6 Å². The van der Waals surface area contributed by atoms with Crippen LogP contribution in [-0.2, 0) is 6.54 Å². The summed E-state index contributed by atoms with van der Waals surface area (Å²) in [5, 5.41) is 0.640. The van der Waals surface area contributed by atoms with Crippen molar-refractivity contribution in [2.45, 2.75) is 20.4 Å². The lowest BCUT2D eigenvalue weighted by atomic mass is 10.1. The molecule has 2 heterocycles. The first-order valence-electron chi connectivity index (χ1n) is 9.45. The van der Waals surface area contributed by atoms with Crippen molar-refractivity contribution in [3.8, 4) is 5.75 Å². The van der Waals surface area contributed by atoms with Crippen molar-refractivity contribution in [2.24, 2.45) is 0 Å². The number of amides is 1. The number of hydrogen-bond donors (Lipinski definition) is 0. The quantitative estimate of drug-likeness (QED) is 0.441. The summed E-state index contributed by atoms with van der Waals surface area (Å²) in [7, 11) is 0. The average Bonchev–Trinajstić information content (AvgIpc) is 3.18. The molecule has 0 fully saturated rings. The lowest BCUT2D eigenvalue weighted by Gasteiger charge is -2.20. The summed E-state index contributed by atoms with van der Waals surface area (Å²) in [5.74, 6) is 0.641.